The van der Waals surface area contributed by atoms with Gasteiger partial charge < -0.3 is 19.9 Å². The molecule has 0 fully saturated rings. The van der Waals surface area contributed by atoms with Gasteiger partial charge in [-0.25, -0.2) is 9.59 Å². The molecule has 0 aliphatic heterocycles. The van der Waals surface area contributed by atoms with E-state index in [1.165, 1.54) is 7.11 Å². The van der Waals surface area contributed by atoms with Gasteiger partial charge in [-0.2, -0.15) is 0 Å². The van der Waals surface area contributed by atoms with Crippen molar-refractivity contribution in [3.63, 3.8) is 0 Å². The summed E-state index contributed by atoms with van der Waals surface area (Å²) in [5.74, 6) is -1.11. The van der Waals surface area contributed by atoms with Gasteiger partial charge in [-0.3, -0.25) is 4.79 Å². The lowest BCUT2D eigenvalue weighted by Gasteiger charge is -1.90. The summed E-state index contributed by atoms with van der Waals surface area (Å²) in [5, 5.41) is 10.1. The molecule has 0 spiro atoms. The number of carbonyl (C=O) groups is 3. The number of ether oxygens (including phenoxy) is 2. The average Bonchev–Trinajstić information content (AvgIpc) is 2.48. The van der Waals surface area contributed by atoms with Crippen molar-refractivity contribution >= 4 is 17.8 Å². The fourth-order valence-electron chi connectivity index (χ4n) is 0.435. The quantitative estimate of drug-likeness (QED) is 0.429. The zero-order valence-electron chi connectivity index (χ0n) is 11.8. The molecule has 0 aromatic carbocycles. The zero-order valence-corrected chi connectivity index (χ0v) is 11.8. The third kappa shape index (κ3) is 24.7. The summed E-state index contributed by atoms with van der Waals surface area (Å²) in [4.78, 5) is 29.9. The highest BCUT2D eigenvalue weighted by molar-refractivity contribution is 5.86. The Balaban J connectivity index is -0.000000218. The number of aliphatic hydroxyl groups is 1. The lowest BCUT2D eigenvalue weighted by atomic mass is 10.6. The van der Waals surface area contributed by atoms with E-state index in [9.17, 15) is 14.4 Å². The number of rotatable bonds is 5. The monoisotopic (exact) mass is 287 g/mol. The van der Waals surface area contributed by atoms with Crippen LogP contribution in [0, 0.1) is 0 Å². The van der Waals surface area contributed by atoms with E-state index < -0.39 is 5.97 Å². The van der Waals surface area contributed by atoms with E-state index in [4.69, 9.17) is 5.11 Å². The number of methoxy groups -OCH3 is 1. The molecular formula is C13H21NO6. The van der Waals surface area contributed by atoms with Crippen LogP contribution in [0.25, 0.3) is 0 Å². The summed E-state index contributed by atoms with van der Waals surface area (Å²) in [7, 11) is 1.31. The smallest absolute Gasteiger partial charge is 0.330 e. The van der Waals surface area contributed by atoms with Crippen molar-refractivity contribution in [1.82, 2.24) is 5.32 Å². The van der Waals surface area contributed by atoms with Gasteiger partial charge in [0.2, 0.25) is 5.91 Å². The number of aliphatic hydroxyl groups excluding tert-OH is 1. The van der Waals surface area contributed by atoms with Crippen molar-refractivity contribution in [3.05, 3.63) is 38.0 Å². The molecule has 2 N–H and O–H groups in total. The first-order valence-electron chi connectivity index (χ1n) is 5.44. The third-order valence-electron chi connectivity index (χ3n) is 1.26. The van der Waals surface area contributed by atoms with Crippen LogP contribution in [0.5, 0.6) is 0 Å². The van der Waals surface area contributed by atoms with E-state index in [-0.39, 0.29) is 18.6 Å². The number of amides is 1. The Labute approximate surface area is 118 Å². The highest BCUT2D eigenvalue weighted by Crippen LogP contribution is 1.74. The lowest BCUT2D eigenvalue weighted by molar-refractivity contribution is -0.137. The van der Waals surface area contributed by atoms with Gasteiger partial charge in [0.1, 0.15) is 6.73 Å². The summed E-state index contributed by atoms with van der Waals surface area (Å²) >= 11 is 0. The normalized spacial score (nSPS) is 7.35. The van der Waals surface area contributed by atoms with E-state index in [1.54, 1.807) is 6.92 Å². The molecule has 0 unspecified atom stereocenters. The predicted molar refractivity (Wildman–Crippen MR) is 74.5 cm³/mol. The molecule has 0 saturated heterocycles. The molecule has 0 saturated carbocycles. The molecule has 0 heterocycles. The van der Waals surface area contributed by atoms with Crippen LogP contribution in [0.1, 0.15) is 6.92 Å². The van der Waals surface area contributed by atoms with Crippen LogP contribution in [0.3, 0.4) is 0 Å². The van der Waals surface area contributed by atoms with Crippen LogP contribution in [0.2, 0.25) is 0 Å². The average molecular weight is 287 g/mol. The van der Waals surface area contributed by atoms with Crippen LogP contribution >= 0.6 is 0 Å². The zero-order chi connectivity index (χ0) is 16.4. The maximum atomic E-state index is 10.1. The molecular weight excluding hydrogens is 266 g/mol. The molecule has 0 atom stereocenters. The highest BCUT2D eigenvalue weighted by atomic mass is 16.5. The molecule has 0 aliphatic rings. The van der Waals surface area contributed by atoms with Crippen LogP contribution in [-0.4, -0.2) is 43.4 Å². The van der Waals surface area contributed by atoms with Crippen LogP contribution in [-0.2, 0) is 23.9 Å². The van der Waals surface area contributed by atoms with E-state index >= 15 is 0 Å². The summed E-state index contributed by atoms with van der Waals surface area (Å²) < 4.78 is 8.58. The second kappa shape index (κ2) is 18.9. The maximum absolute atomic E-state index is 10.1. The topological polar surface area (TPSA) is 102 Å². The minimum absolute atomic E-state index is 0.329. The summed E-state index contributed by atoms with van der Waals surface area (Å²) in [5.41, 5.74) is 0. The second-order valence-electron chi connectivity index (χ2n) is 2.59. The Kier molecular flexibility index (Phi) is 21.5. The van der Waals surface area contributed by atoms with Crippen LogP contribution in [0.4, 0.5) is 0 Å². The van der Waals surface area contributed by atoms with Gasteiger partial charge in [0, 0.05) is 12.2 Å². The second-order valence-corrected chi connectivity index (χ2v) is 2.59. The number of nitrogens with one attached hydrogen (secondary N) is 1. The SMILES string of the molecule is C=CC(=O)NCO.C=CC(=O)OC.C=CC(=O)OCC. The van der Waals surface area contributed by atoms with E-state index in [0.717, 1.165) is 18.2 Å². The highest BCUT2D eigenvalue weighted by Gasteiger charge is 1.86. The van der Waals surface area contributed by atoms with Gasteiger partial charge in [-0.05, 0) is 13.0 Å². The van der Waals surface area contributed by atoms with Gasteiger partial charge in [-0.15, -0.1) is 0 Å². The molecule has 1 amide bonds. The van der Waals surface area contributed by atoms with Crippen LogP contribution in [0.15, 0.2) is 38.0 Å². The first-order valence-corrected chi connectivity index (χ1v) is 5.44. The van der Waals surface area contributed by atoms with Crippen molar-refractivity contribution in [2.24, 2.45) is 0 Å². The van der Waals surface area contributed by atoms with Crippen molar-refractivity contribution in [2.75, 3.05) is 20.4 Å². The summed E-state index contributed by atoms with van der Waals surface area (Å²) in [6, 6.07) is 0. The number of hydrogen-bond acceptors (Lipinski definition) is 6. The Morgan fingerprint density at radius 3 is 1.70 bits per heavy atom. The van der Waals surface area contributed by atoms with Crippen molar-refractivity contribution in [2.45, 2.75) is 6.92 Å². The molecule has 20 heavy (non-hydrogen) atoms. The van der Waals surface area contributed by atoms with Crippen molar-refractivity contribution < 1.29 is 29.0 Å². The molecule has 0 radical (unpaired) electrons. The first kappa shape index (κ1) is 22.7. The van der Waals surface area contributed by atoms with E-state index in [0.29, 0.717) is 6.61 Å². The standard InChI is InChI=1S/C5H8O2.C4H7NO2.C4H6O2/c1-3-5(6)7-4-2;1-2-4(7)5-3-6;1-3-4(5)6-2/h3H,1,4H2,2H3;2,6H,1,3H2,(H,5,7);3H,1H2,2H3. The number of carbonyl (C=O) groups excluding carboxylic acids is 3. The molecule has 0 rings (SSSR count). The summed E-state index contributed by atoms with van der Waals surface area (Å²) in [6.07, 6.45) is 3.35. The maximum Gasteiger partial charge on any atom is 0.330 e. The predicted octanol–water partition coefficient (Wildman–Crippen LogP) is 0.319. The van der Waals surface area contributed by atoms with E-state index in [1.807, 2.05) is 0 Å². The van der Waals surface area contributed by atoms with Gasteiger partial charge >= 0.3 is 11.9 Å². The Bertz CT molecular complexity index is 303. The van der Waals surface area contributed by atoms with Crippen molar-refractivity contribution in [1.29, 1.82) is 0 Å². The van der Waals surface area contributed by atoms with Gasteiger partial charge in [0.05, 0.1) is 13.7 Å². The van der Waals surface area contributed by atoms with Gasteiger partial charge in [-0.1, -0.05) is 19.7 Å². The Morgan fingerprint density at radius 1 is 1.10 bits per heavy atom. The van der Waals surface area contributed by atoms with Crippen molar-refractivity contribution in [3.8, 4) is 0 Å². The molecule has 7 heteroatoms. The number of hydrogen-bond donors (Lipinski definition) is 2. The fourth-order valence-corrected chi connectivity index (χ4v) is 0.435. The van der Waals surface area contributed by atoms with Crippen LogP contribution < -0.4 is 5.32 Å². The molecule has 0 bridgehead atoms. The molecule has 0 aromatic rings. The Morgan fingerprint density at radius 2 is 1.60 bits per heavy atom. The largest absolute Gasteiger partial charge is 0.466 e. The Hall–Kier alpha value is -2.41. The minimum Gasteiger partial charge on any atom is -0.466 e. The number of esters is 2. The fraction of sp³-hybridized carbons (Fsp3) is 0.308. The molecule has 0 aliphatic carbocycles. The molecule has 7 nitrogen and oxygen atoms in total. The van der Waals surface area contributed by atoms with Gasteiger partial charge in [0.25, 0.3) is 0 Å². The van der Waals surface area contributed by atoms with Gasteiger partial charge in [0.15, 0.2) is 0 Å². The molecule has 114 valence electrons. The summed E-state index contributed by atoms with van der Waals surface area (Å²) in [6.45, 7) is 11.4. The first-order chi connectivity index (χ1) is 9.42. The third-order valence-corrected chi connectivity index (χ3v) is 1.26. The minimum atomic E-state index is -0.394. The molecule has 0 aromatic heterocycles. The lowest BCUT2D eigenvalue weighted by Crippen LogP contribution is -2.20. The van der Waals surface area contributed by atoms with E-state index in [2.05, 4.69) is 34.5 Å².